The highest BCUT2D eigenvalue weighted by Gasteiger charge is 2.19. The van der Waals surface area contributed by atoms with Gasteiger partial charge in [-0.05, 0) is 36.6 Å². The van der Waals surface area contributed by atoms with E-state index >= 15 is 0 Å². The molecule has 1 saturated heterocycles. The fourth-order valence-electron chi connectivity index (χ4n) is 4.01. The van der Waals surface area contributed by atoms with E-state index in [0.29, 0.717) is 37.1 Å². The van der Waals surface area contributed by atoms with Crippen molar-refractivity contribution in [3.8, 4) is 11.4 Å². The zero-order valence-electron chi connectivity index (χ0n) is 18.9. The molecule has 0 radical (unpaired) electrons. The molecule has 8 heteroatoms. The lowest BCUT2D eigenvalue weighted by Crippen LogP contribution is -2.37. The minimum Gasteiger partial charge on any atom is -0.378 e. The number of rotatable bonds is 9. The van der Waals surface area contributed by atoms with Gasteiger partial charge in [0.05, 0.1) is 30.4 Å². The van der Waals surface area contributed by atoms with Gasteiger partial charge in [-0.1, -0.05) is 26.7 Å². The van der Waals surface area contributed by atoms with E-state index in [-0.39, 0.29) is 11.5 Å². The summed E-state index contributed by atoms with van der Waals surface area (Å²) in [6.45, 7) is 7.06. The average Bonchev–Trinajstić information content (AvgIpc) is 3.25. The summed E-state index contributed by atoms with van der Waals surface area (Å²) < 4.78 is 31.1. The molecular weight excluding hydrogens is 424 g/mol. The zero-order valence-corrected chi connectivity index (χ0v) is 19.7. The highest BCUT2D eigenvalue weighted by Crippen LogP contribution is 2.25. The third-order valence-corrected chi connectivity index (χ3v) is 7.41. The SMILES string of the molecule is CC(C)CCCCS(=O)(=O)Cc1cc(N2CCOCC2)nc(-c2ccc3[nH]ccc3c2)n1. The van der Waals surface area contributed by atoms with Crippen molar-refractivity contribution in [3.63, 3.8) is 0 Å². The zero-order chi connectivity index (χ0) is 22.6. The third-order valence-electron chi connectivity index (χ3n) is 5.77. The molecule has 1 N–H and O–H groups in total. The Hall–Kier alpha value is -2.45. The minimum absolute atomic E-state index is 0.0616. The molecule has 0 saturated carbocycles. The molecule has 2 aromatic heterocycles. The van der Waals surface area contributed by atoms with Crippen LogP contribution in [-0.4, -0.2) is 55.4 Å². The van der Waals surface area contributed by atoms with Gasteiger partial charge in [0.1, 0.15) is 5.82 Å². The van der Waals surface area contributed by atoms with Crippen molar-refractivity contribution in [2.75, 3.05) is 37.0 Å². The summed E-state index contributed by atoms with van der Waals surface area (Å²) in [5.41, 5.74) is 2.47. The van der Waals surface area contributed by atoms with Gasteiger partial charge in [-0.15, -0.1) is 0 Å². The van der Waals surface area contributed by atoms with Gasteiger partial charge in [0.2, 0.25) is 0 Å². The van der Waals surface area contributed by atoms with Crippen molar-refractivity contribution in [1.82, 2.24) is 15.0 Å². The number of fused-ring (bicyclic) bond motifs is 1. The molecule has 32 heavy (non-hydrogen) atoms. The van der Waals surface area contributed by atoms with Crippen LogP contribution in [0.15, 0.2) is 36.5 Å². The first-order valence-electron chi connectivity index (χ1n) is 11.4. The Balaban J connectivity index is 1.61. The Bertz CT molecular complexity index is 1150. The molecule has 0 amide bonds. The van der Waals surface area contributed by atoms with Crippen LogP contribution >= 0.6 is 0 Å². The molecule has 7 nitrogen and oxygen atoms in total. The van der Waals surface area contributed by atoms with Crippen LogP contribution < -0.4 is 4.90 Å². The first-order valence-corrected chi connectivity index (χ1v) is 13.2. The Morgan fingerprint density at radius 1 is 1.09 bits per heavy atom. The van der Waals surface area contributed by atoms with Gasteiger partial charge >= 0.3 is 0 Å². The monoisotopic (exact) mass is 456 g/mol. The second-order valence-electron chi connectivity index (χ2n) is 8.90. The van der Waals surface area contributed by atoms with Crippen molar-refractivity contribution in [2.45, 2.75) is 38.9 Å². The fourth-order valence-corrected chi connectivity index (χ4v) is 5.39. The second-order valence-corrected chi connectivity index (χ2v) is 11.1. The number of nitrogens with zero attached hydrogens (tertiary/aromatic N) is 3. The topological polar surface area (TPSA) is 88.2 Å². The summed E-state index contributed by atoms with van der Waals surface area (Å²) >= 11 is 0. The molecule has 0 atom stereocenters. The van der Waals surface area contributed by atoms with Gasteiger partial charge in [-0.2, -0.15) is 0 Å². The second kappa shape index (κ2) is 10.0. The van der Waals surface area contributed by atoms with Crippen LogP contribution in [0, 0.1) is 5.92 Å². The molecule has 4 rings (SSSR count). The Morgan fingerprint density at radius 2 is 1.91 bits per heavy atom. The quantitative estimate of drug-likeness (QED) is 0.486. The van der Waals surface area contributed by atoms with Crippen molar-refractivity contribution in [2.24, 2.45) is 5.92 Å². The summed E-state index contributed by atoms with van der Waals surface area (Å²) in [5, 5.41) is 1.07. The van der Waals surface area contributed by atoms with Crippen molar-refractivity contribution in [1.29, 1.82) is 0 Å². The summed E-state index contributed by atoms with van der Waals surface area (Å²) in [4.78, 5) is 14.8. The number of hydrogen-bond donors (Lipinski definition) is 1. The molecule has 1 aromatic carbocycles. The van der Waals surface area contributed by atoms with Gasteiger partial charge in [0.15, 0.2) is 15.7 Å². The Morgan fingerprint density at radius 3 is 2.69 bits per heavy atom. The molecule has 3 aromatic rings. The Kier molecular flexibility index (Phi) is 7.10. The lowest BCUT2D eigenvalue weighted by atomic mass is 10.1. The van der Waals surface area contributed by atoms with E-state index in [0.717, 1.165) is 48.2 Å². The van der Waals surface area contributed by atoms with E-state index in [1.54, 1.807) is 0 Å². The minimum atomic E-state index is -3.24. The largest absolute Gasteiger partial charge is 0.378 e. The van der Waals surface area contributed by atoms with Gasteiger partial charge < -0.3 is 14.6 Å². The molecule has 1 aliphatic rings. The van der Waals surface area contributed by atoms with Crippen LogP contribution in [0.3, 0.4) is 0 Å². The van der Waals surface area contributed by atoms with Gasteiger partial charge in [0.25, 0.3) is 0 Å². The molecule has 0 aliphatic carbocycles. The van der Waals surface area contributed by atoms with E-state index in [2.05, 4.69) is 28.7 Å². The maximum Gasteiger partial charge on any atom is 0.161 e. The lowest BCUT2D eigenvalue weighted by Gasteiger charge is -2.28. The number of ether oxygens (including phenoxy) is 1. The Labute approximate surface area is 190 Å². The van der Waals surface area contributed by atoms with E-state index < -0.39 is 9.84 Å². The molecule has 172 valence electrons. The molecule has 1 fully saturated rings. The summed E-state index contributed by atoms with van der Waals surface area (Å²) in [6.07, 6.45) is 4.58. The van der Waals surface area contributed by atoms with Crippen LogP contribution in [0.5, 0.6) is 0 Å². The van der Waals surface area contributed by atoms with Crippen molar-refractivity contribution < 1.29 is 13.2 Å². The van der Waals surface area contributed by atoms with Gasteiger partial charge in [0, 0.05) is 41.8 Å². The number of anilines is 1. The third kappa shape index (κ3) is 5.86. The standard InChI is InChI=1S/C24H32N4O3S/c1-18(2)5-3-4-14-32(29,30)17-21-16-23(28-10-12-31-13-11-28)27-24(26-21)20-6-7-22-19(15-20)8-9-25-22/h6-9,15-16,18,25H,3-5,10-14,17H2,1-2H3. The smallest absolute Gasteiger partial charge is 0.161 e. The first kappa shape index (κ1) is 22.7. The van der Waals surface area contributed by atoms with E-state index in [4.69, 9.17) is 9.72 Å². The molecule has 1 aliphatic heterocycles. The number of H-pyrrole nitrogens is 1. The average molecular weight is 457 g/mol. The van der Waals surface area contributed by atoms with Crippen LogP contribution in [0.25, 0.3) is 22.3 Å². The maximum absolute atomic E-state index is 12.8. The number of unbranched alkanes of at least 4 members (excludes halogenated alkanes) is 1. The molecule has 0 spiro atoms. The number of sulfone groups is 1. The number of nitrogens with one attached hydrogen (secondary N) is 1. The van der Waals surface area contributed by atoms with Gasteiger partial charge in [-0.25, -0.2) is 18.4 Å². The fraction of sp³-hybridized carbons (Fsp3) is 0.500. The van der Waals surface area contributed by atoms with Crippen LogP contribution in [0.2, 0.25) is 0 Å². The normalized spacial score (nSPS) is 15.0. The van der Waals surface area contributed by atoms with Gasteiger partial charge in [-0.3, -0.25) is 0 Å². The summed E-state index contributed by atoms with van der Waals surface area (Å²) in [5.74, 6) is 2.05. The maximum atomic E-state index is 12.8. The van der Waals surface area contributed by atoms with Crippen LogP contribution in [0.1, 0.15) is 38.8 Å². The highest BCUT2D eigenvalue weighted by atomic mass is 32.2. The van der Waals surface area contributed by atoms with Crippen LogP contribution in [-0.2, 0) is 20.3 Å². The number of aromatic amines is 1. The summed E-state index contributed by atoms with van der Waals surface area (Å²) in [6, 6.07) is 9.85. The highest BCUT2D eigenvalue weighted by molar-refractivity contribution is 7.90. The number of morpholine rings is 1. The van der Waals surface area contributed by atoms with E-state index in [9.17, 15) is 8.42 Å². The van der Waals surface area contributed by atoms with Crippen molar-refractivity contribution >= 4 is 26.6 Å². The number of aromatic nitrogens is 3. The van der Waals surface area contributed by atoms with E-state index in [1.165, 1.54) is 0 Å². The molecular formula is C24H32N4O3S. The van der Waals surface area contributed by atoms with Crippen molar-refractivity contribution in [3.05, 3.63) is 42.2 Å². The molecule has 3 heterocycles. The number of benzene rings is 1. The molecule has 0 bridgehead atoms. The van der Waals surface area contributed by atoms with Crippen LogP contribution in [0.4, 0.5) is 5.82 Å². The lowest BCUT2D eigenvalue weighted by molar-refractivity contribution is 0.122. The van der Waals surface area contributed by atoms with E-state index in [1.807, 2.05) is 36.5 Å². The predicted octanol–water partition coefficient (Wildman–Crippen LogP) is 4.20. The predicted molar refractivity (Wildman–Crippen MR) is 129 cm³/mol. The first-order chi connectivity index (χ1) is 15.4. The number of hydrogen-bond acceptors (Lipinski definition) is 6. The summed E-state index contributed by atoms with van der Waals surface area (Å²) in [7, 11) is -3.24. The molecule has 0 unspecified atom stereocenters.